The van der Waals surface area contributed by atoms with Gasteiger partial charge in [0.1, 0.15) is 5.82 Å². The van der Waals surface area contributed by atoms with E-state index in [0.717, 1.165) is 29.7 Å². The summed E-state index contributed by atoms with van der Waals surface area (Å²) < 4.78 is 2.20. The van der Waals surface area contributed by atoms with Crippen LogP contribution in [-0.4, -0.2) is 27.1 Å². The van der Waals surface area contributed by atoms with E-state index in [0.29, 0.717) is 12.5 Å². The summed E-state index contributed by atoms with van der Waals surface area (Å²) >= 11 is 1.74. The van der Waals surface area contributed by atoms with Crippen LogP contribution in [-0.2, 0) is 13.0 Å². The number of aromatic nitrogens is 3. The Morgan fingerprint density at radius 2 is 2.13 bits per heavy atom. The summed E-state index contributed by atoms with van der Waals surface area (Å²) in [6.45, 7) is 8.14. The van der Waals surface area contributed by atoms with Gasteiger partial charge in [0.05, 0.1) is 0 Å². The standard InChI is InChI=1S/C10H20N4S/c1-4-15-10-13-12-9(5-6-11)14(10)7-8(2)3/h8H,4-7,11H2,1-3H3. The summed E-state index contributed by atoms with van der Waals surface area (Å²) in [5, 5.41) is 9.41. The molecule has 0 amide bonds. The lowest BCUT2D eigenvalue weighted by molar-refractivity contribution is 0.479. The largest absolute Gasteiger partial charge is 0.330 e. The zero-order valence-corrected chi connectivity index (χ0v) is 10.5. The van der Waals surface area contributed by atoms with Crippen molar-refractivity contribution in [3.63, 3.8) is 0 Å². The van der Waals surface area contributed by atoms with Crippen molar-refractivity contribution in [1.29, 1.82) is 0 Å². The van der Waals surface area contributed by atoms with E-state index in [4.69, 9.17) is 5.73 Å². The Morgan fingerprint density at radius 3 is 2.67 bits per heavy atom. The minimum Gasteiger partial charge on any atom is -0.330 e. The van der Waals surface area contributed by atoms with Gasteiger partial charge in [-0.1, -0.05) is 32.5 Å². The van der Waals surface area contributed by atoms with Gasteiger partial charge in [0.2, 0.25) is 0 Å². The van der Waals surface area contributed by atoms with Crippen molar-refractivity contribution in [3.05, 3.63) is 5.82 Å². The van der Waals surface area contributed by atoms with Crippen LogP contribution < -0.4 is 5.73 Å². The highest BCUT2D eigenvalue weighted by Gasteiger charge is 2.12. The predicted octanol–water partition coefficient (Wildman–Crippen LogP) is 1.55. The summed E-state index contributed by atoms with van der Waals surface area (Å²) in [4.78, 5) is 0. The van der Waals surface area contributed by atoms with Crippen LogP contribution in [0.25, 0.3) is 0 Å². The fourth-order valence-corrected chi connectivity index (χ4v) is 2.11. The number of rotatable bonds is 6. The molecule has 0 fully saturated rings. The molecule has 5 heteroatoms. The van der Waals surface area contributed by atoms with Crippen molar-refractivity contribution >= 4 is 11.8 Å². The molecular weight excluding hydrogens is 208 g/mol. The van der Waals surface area contributed by atoms with Gasteiger partial charge in [-0.2, -0.15) is 0 Å². The quantitative estimate of drug-likeness (QED) is 0.751. The number of nitrogens with zero attached hydrogens (tertiary/aromatic N) is 3. The first-order chi connectivity index (χ1) is 7.19. The number of nitrogens with two attached hydrogens (primary N) is 1. The van der Waals surface area contributed by atoms with Crippen molar-refractivity contribution in [1.82, 2.24) is 14.8 Å². The average molecular weight is 228 g/mol. The molecule has 1 aromatic rings. The molecule has 0 aromatic carbocycles. The van der Waals surface area contributed by atoms with Crippen LogP contribution in [0.5, 0.6) is 0 Å². The summed E-state index contributed by atoms with van der Waals surface area (Å²) in [5.74, 6) is 2.65. The van der Waals surface area contributed by atoms with Crippen molar-refractivity contribution in [2.45, 2.75) is 38.9 Å². The van der Waals surface area contributed by atoms with E-state index in [2.05, 4.69) is 35.5 Å². The Hall–Kier alpha value is -0.550. The van der Waals surface area contributed by atoms with Gasteiger partial charge < -0.3 is 10.3 Å². The molecule has 0 atom stereocenters. The molecule has 86 valence electrons. The second kappa shape index (κ2) is 6.12. The van der Waals surface area contributed by atoms with Gasteiger partial charge in [-0.15, -0.1) is 10.2 Å². The third kappa shape index (κ3) is 3.50. The Balaban J connectivity index is 2.86. The summed E-state index contributed by atoms with van der Waals surface area (Å²) in [6.07, 6.45) is 0.810. The highest BCUT2D eigenvalue weighted by atomic mass is 32.2. The highest BCUT2D eigenvalue weighted by molar-refractivity contribution is 7.99. The zero-order valence-electron chi connectivity index (χ0n) is 9.73. The second-order valence-corrected chi connectivity index (χ2v) is 5.11. The van der Waals surface area contributed by atoms with Gasteiger partial charge in [0, 0.05) is 13.0 Å². The SMILES string of the molecule is CCSc1nnc(CCN)n1CC(C)C. The minimum atomic E-state index is 0.605. The van der Waals surface area contributed by atoms with E-state index in [9.17, 15) is 0 Å². The number of thioether (sulfide) groups is 1. The predicted molar refractivity (Wildman–Crippen MR) is 64.0 cm³/mol. The Labute approximate surface area is 95.6 Å². The lowest BCUT2D eigenvalue weighted by Crippen LogP contribution is -2.13. The molecule has 0 aliphatic rings. The molecule has 1 aromatic heterocycles. The van der Waals surface area contributed by atoms with E-state index in [1.165, 1.54) is 0 Å². The van der Waals surface area contributed by atoms with Crippen LogP contribution in [0.2, 0.25) is 0 Å². The molecule has 4 nitrogen and oxygen atoms in total. The summed E-state index contributed by atoms with van der Waals surface area (Å²) in [7, 11) is 0. The molecule has 0 saturated carbocycles. The van der Waals surface area contributed by atoms with Crippen molar-refractivity contribution in [2.75, 3.05) is 12.3 Å². The molecule has 2 N–H and O–H groups in total. The lowest BCUT2D eigenvalue weighted by atomic mass is 10.2. The Morgan fingerprint density at radius 1 is 1.40 bits per heavy atom. The van der Waals surface area contributed by atoms with Crippen LogP contribution in [0.15, 0.2) is 5.16 Å². The topological polar surface area (TPSA) is 56.7 Å². The van der Waals surface area contributed by atoms with Crippen LogP contribution in [0.4, 0.5) is 0 Å². The fourth-order valence-electron chi connectivity index (χ4n) is 1.42. The van der Waals surface area contributed by atoms with Gasteiger partial charge >= 0.3 is 0 Å². The molecule has 15 heavy (non-hydrogen) atoms. The van der Waals surface area contributed by atoms with Gasteiger partial charge in [-0.25, -0.2) is 0 Å². The van der Waals surface area contributed by atoms with Gasteiger partial charge in [-0.3, -0.25) is 0 Å². The molecule has 0 radical (unpaired) electrons. The second-order valence-electron chi connectivity index (χ2n) is 3.87. The van der Waals surface area contributed by atoms with E-state index in [-0.39, 0.29) is 0 Å². The van der Waals surface area contributed by atoms with Crippen molar-refractivity contribution in [2.24, 2.45) is 11.7 Å². The lowest BCUT2D eigenvalue weighted by Gasteiger charge is -2.11. The maximum absolute atomic E-state index is 5.56. The van der Waals surface area contributed by atoms with Crippen LogP contribution in [0, 0.1) is 5.92 Å². The molecular formula is C10H20N4S. The van der Waals surface area contributed by atoms with Crippen LogP contribution in [0.3, 0.4) is 0 Å². The third-order valence-corrected chi connectivity index (χ3v) is 2.83. The Bertz CT molecular complexity index is 272. The maximum Gasteiger partial charge on any atom is 0.191 e. The summed E-state index contributed by atoms with van der Waals surface area (Å²) in [5.41, 5.74) is 5.56. The fraction of sp³-hybridized carbons (Fsp3) is 0.800. The van der Waals surface area contributed by atoms with Gasteiger partial charge in [-0.05, 0) is 18.2 Å². The zero-order chi connectivity index (χ0) is 11.3. The van der Waals surface area contributed by atoms with Crippen LogP contribution >= 0.6 is 11.8 Å². The monoisotopic (exact) mass is 228 g/mol. The van der Waals surface area contributed by atoms with E-state index in [1.807, 2.05) is 0 Å². The molecule has 0 bridgehead atoms. The first-order valence-corrected chi connectivity index (χ1v) is 6.42. The molecule has 0 aliphatic carbocycles. The molecule has 0 unspecified atom stereocenters. The van der Waals surface area contributed by atoms with Crippen molar-refractivity contribution < 1.29 is 0 Å². The van der Waals surface area contributed by atoms with Crippen molar-refractivity contribution in [3.8, 4) is 0 Å². The molecule has 0 saturated heterocycles. The molecule has 0 aliphatic heterocycles. The van der Waals surface area contributed by atoms with Crippen LogP contribution in [0.1, 0.15) is 26.6 Å². The molecule has 1 heterocycles. The maximum atomic E-state index is 5.56. The third-order valence-electron chi connectivity index (χ3n) is 1.98. The molecule has 0 spiro atoms. The first kappa shape index (κ1) is 12.5. The molecule has 1 rings (SSSR count). The minimum absolute atomic E-state index is 0.605. The van der Waals surface area contributed by atoms with E-state index in [1.54, 1.807) is 11.8 Å². The van der Waals surface area contributed by atoms with Gasteiger partial charge in [0.15, 0.2) is 5.16 Å². The van der Waals surface area contributed by atoms with E-state index < -0.39 is 0 Å². The number of hydrogen-bond donors (Lipinski definition) is 1. The normalized spacial score (nSPS) is 11.3. The average Bonchev–Trinajstić information content (AvgIpc) is 2.51. The first-order valence-electron chi connectivity index (χ1n) is 5.44. The smallest absolute Gasteiger partial charge is 0.191 e. The van der Waals surface area contributed by atoms with E-state index >= 15 is 0 Å². The number of hydrogen-bond acceptors (Lipinski definition) is 4. The van der Waals surface area contributed by atoms with Gasteiger partial charge in [0.25, 0.3) is 0 Å². The highest BCUT2D eigenvalue weighted by Crippen LogP contribution is 2.18. The summed E-state index contributed by atoms with van der Waals surface area (Å²) in [6, 6.07) is 0. The Kier molecular flexibility index (Phi) is 5.11.